The normalized spacial score (nSPS) is 15.8. The van der Waals surface area contributed by atoms with Crippen molar-refractivity contribution in [2.75, 3.05) is 13.2 Å². The molecule has 1 atom stereocenters. The number of nitrogens with zero attached hydrogens (tertiary/aromatic N) is 4. The fourth-order valence-electron chi connectivity index (χ4n) is 4.12. The fraction of sp³-hybridized carbons (Fsp3) is 0.333. The van der Waals surface area contributed by atoms with Gasteiger partial charge in [-0.1, -0.05) is 17.3 Å². The largest absolute Gasteiger partial charge is 0.494 e. The molecule has 0 radical (unpaired) electrons. The van der Waals surface area contributed by atoms with E-state index in [1.165, 1.54) is 9.13 Å². The van der Waals surface area contributed by atoms with Crippen LogP contribution in [0.25, 0.3) is 22.3 Å². The molecule has 0 amide bonds. The van der Waals surface area contributed by atoms with Crippen LogP contribution in [-0.4, -0.2) is 38.6 Å². The molecule has 3 heterocycles. The van der Waals surface area contributed by atoms with Crippen molar-refractivity contribution < 1.29 is 14.0 Å². The summed E-state index contributed by atoms with van der Waals surface area (Å²) in [4.78, 5) is 30.8. The number of benzene rings is 2. The van der Waals surface area contributed by atoms with Gasteiger partial charge in [-0.25, -0.2) is 4.79 Å². The van der Waals surface area contributed by atoms with E-state index in [1.54, 1.807) is 24.3 Å². The standard InChI is InChI=1S/C24H24N4O5/c1-2-31-17-11-9-16(10-12-17)22-25-21(33-26-22)15-27-20-8-4-3-7-19(20)23(29)28(24(27)30)14-18-6-5-13-32-18/h3-4,7-12,18H,2,5-6,13-15H2,1H3/t18-/m0/s1. The van der Waals surface area contributed by atoms with Crippen LogP contribution in [-0.2, 0) is 17.8 Å². The van der Waals surface area contributed by atoms with Crippen molar-refractivity contribution in [1.29, 1.82) is 0 Å². The predicted octanol–water partition coefficient (Wildman–Crippen LogP) is 2.84. The topological polar surface area (TPSA) is 101 Å². The molecule has 0 saturated carbocycles. The van der Waals surface area contributed by atoms with Crippen LogP contribution in [0.5, 0.6) is 5.75 Å². The summed E-state index contributed by atoms with van der Waals surface area (Å²) in [7, 11) is 0. The van der Waals surface area contributed by atoms with E-state index in [1.807, 2.05) is 31.2 Å². The van der Waals surface area contributed by atoms with Crippen molar-refractivity contribution in [3.8, 4) is 17.1 Å². The SMILES string of the molecule is CCOc1ccc(-c2noc(Cn3c(=O)n(C[C@@H]4CCCO4)c(=O)c4ccccc43)n2)cc1. The van der Waals surface area contributed by atoms with Gasteiger partial charge in [-0.05, 0) is 56.2 Å². The van der Waals surface area contributed by atoms with Gasteiger partial charge in [-0.3, -0.25) is 13.9 Å². The van der Waals surface area contributed by atoms with Gasteiger partial charge in [0, 0.05) is 12.2 Å². The van der Waals surface area contributed by atoms with Crippen molar-refractivity contribution >= 4 is 10.9 Å². The lowest BCUT2D eigenvalue weighted by molar-refractivity contribution is 0.0948. The Labute approximate surface area is 189 Å². The van der Waals surface area contributed by atoms with Gasteiger partial charge < -0.3 is 14.0 Å². The van der Waals surface area contributed by atoms with Crippen LogP contribution < -0.4 is 16.0 Å². The summed E-state index contributed by atoms with van der Waals surface area (Å²) in [6, 6.07) is 14.4. The molecule has 1 saturated heterocycles. The number of hydrogen-bond acceptors (Lipinski definition) is 7. The molecule has 0 aliphatic carbocycles. The monoisotopic (exact) mass is 448 g/mol. The van der Waals surface area contributed by atoms with Gasteiger partial charge in [0.1, 0.15) is 12.3 Å². The molecule has 1 aliphatic heterocycles. The summed E-state index contributed by atoms with van der Waals surface area (Å²) >= 11 is 0. The Kier molecular flexibility index (Phi) is 5.78. The second kappa shape index (κ2) is 9.03. The number of rotatable bonds is 7. The van der Waals surface area contributed by atoms with Gasteiger partial charge in [0.2, 0.25) is 11.7 Å². The first-order chi connectivity index (χ1) is 16.1. The highest BCUT2D eigenvalue weighted by molar-refractivity contribution is 5.77. The highest BCUT2D eigenvalue weighted by Crippen LogP contribution is 2.20. The highest BCUT2D eigenvalue weighted by Gasteiger charge is 2.21. The molecular weight excluding hydrogens is 424 g/mol. The molecule has 2 aromatic carbocycles. The number of fused-ring (bicyclic) bond motifs is 1. The van der Waals surface area contributed by atoms with E-state index < -0.39 is 5.69 Å². The minimum atomic E-state index is -0.421. The van der Waals surface area contributed by atoms with Gasteiger partial charge in [0.25, 0.3) is 5.56 Å². The van der Waals surface area contributed by atoms with Crippen LogP contribution in [0.2, 0.25) is 0 Å². The van der Waals surface area contributed by atoms with Crippen molar-refractivity contribution in [2.45, 2.75) is 39.0 Å². The second-order valence-corrected chi connectivity index (χ2v) is 7.91. The van der Waals surface area contributed by atoms with E-state index in [2.05, 4.69) is 10.1 Å². The summed E-state index contributed by atoms with van der Waals surface area (Å²) in [6.45, 7) is 3.44. The molecule has 1 fully saturated rings. The second-order valence-electron chi connectivity index (χ2n) is 7.91. The summed E-state index contributed by atoms with van der Waals surface area (Å²) in [5.74, 6) is 1.45. The number of para-hydroxylation sites is 1. The maximum Gasteiger partial charge on any atom is 0.332 e. The third-order valence-electron chi connectivity index (χ3n) is 5.73. The fourth-order valence-corrected chi connectivity index (χ4v) is 4.12. The number of hydrogen-bond donors (Lipinski definition) is 0. The molecule has 9 nitrogen and oxygen atoms in total. The highest BCUT2D eigenvalue weighted by atomic mass is 16.5. The zero-order valence-corrected chi connectivity index (χ0v) is 18.3. The van der Waals surface area contributed by atoms with E-state index in [0.717, 1.165) is 24.2 Å². The molecule has 33 heavy (non-hydrogen) atoms. The lowest BCUT2D eigenvalue weighted by Gasteiger charge is -2.15. The minimum absolute atomic E-state index is 0.0508. The van der Waals surface area contributed by atoms with Gasteiger partial charge in [0.05, 0.1) is 30.2 Å². The molecule has 0 N–H and O–H groups in total. The number of ether oxygens (including phenoxy) is 2. The maximum absolute atomic E-state index is 13.3. The lowest BCUT2D eigenvalue weighted by Crippen LogP contribution is -2.42. The summed E-state index contributed by atoms with van der Waals surface area (Å²) in [5, 5.41) is 4.52. The third-order valence-corrected chi connectivity index (χ3v) is 5.73. The minimum Gasteiger partial charge on any atom is -0.494 e. The average Bonchev–Trinajstić information content (AvgIpc) is 3.53. The van der Waals surface area contributed by atoms with Gasteiger partial charge in [-0.2, -0.15) is 4.98 Å². The van der Waals surface area contributed by atoms with Crippen LogP contribution in [0.1, 0.15) is 25.7 Å². The molecule has 0 spiro atoms. The average molecular weight is 448 g/mol. The van der Waals surface area contributed by atoms with E-state index in [0.29, 0.717) is 29.9 Å². The molecule has 0 bridgehead atoms. The van der Waals surface area contributed by atoms with Gasteiger partial charge >= 0.3 is 5.69 Å². The lowest BCUT2D eigenvalue weighted by atomic mass is 10.2. The Bertz CT molecular complexity index is 1380. The first kappa shape index (κ1) is 21.1. The summed E-state index contributed by atoms with van der Waals surface area (Å²) < 4.78 is 19.3. The van der Waals surface area contributed by atoms with Gasteiger partial charge in [0.15, 0.2) is 0 Å². The zero-order chi connectivity index (χ0) is 22.8. The van der Waals surface area contributed by atoms with E-state index in [9.17, 15) is 9.59 Å². The van der Waals surface area contributed by atoms with Crippen LogP contribution in [0, 0.1) is 0 Å². The molecule has 2 aromatic heterocycles. The molecule has 0 unspecified atom stereocenters. The van der Waals surface area contributed by atoms with Crippen molar-refractivity contribution in [2.24, 2.45) is 0 Å². The Balaban J connectivity index is 1.50. The Morgan fingerprint density at radius 2 is 1.91 bits per heavy atom. The maximum atomic E-state index is 13.3. The van der Waals surface area contributed by atoms with Crippen LogP contribution in [0.3, 0.4) is 0 Å². The van der Waals surface area contributed by atoms with E-state index in [4.69, 9.17) is 14.0 Å². The van der Waals surface area contributed by atoms with Crippen molar-refractivity contribution in [3.05, 3.63) is 75.3 Å². The van der Waals surface area contributed by atoms with Crippen LogP contribution in [0.15, 0.2) is 62.6 Å². The van der Waals surface area contributed by atoms with Crippen molar-refractivity contribution in [1.82, 2.24) is 19.3 Å². The van der Waals surface area contributed by atoms with E-state index >= 15 is 0 Å². The van der Waals surface area contributed by atoms with E-state index in [-0.39, 0.29) is 30.6 Å². The van der Waals surface area contributed by atoms with Crippen LogP contribution >= 0.6 is 0 Å². The first-order valence-electron chi connectivity index (χ1n) is 11.0. The number of aromatic nitrogens is 4. The molecule has 1 aliphatic rings. The quantitative estimate of drug-likeness (QED) is 0.428. The molecule has 4 aromatic rings. The molecule has 170 valence electrons. The molecule has 9 heteroatoms. The smallest absolute Gasteiger partial charge is 0.332 e. The first-order valence-corrected chi connectivity index (χ1v) is 11.0. The Hall–Kier alpha value is -3.72. The van der Waals surface area contributed by atoms with Gasteiger partial charge in [-0.15, -0.1) is 0 Å². The summed E-state index contributed by atoms with van der Waals surface area (Å²) in [6.07, 6.45) is 1.62. The Morgan fingerprint density at radius 1 is 1.09 bits per heavy atom. The molecule has 5 rings (SSSR count). The summed E-state index contributed by atoms with van der Waals surface area (Å²) in [5.41, 5.74) is 0.559. The zero-order valence-electron chi connectivity index (χ0n) is 18.3. The predicted molar refractivity (Wildman–Crippen MR) is 121 cm³/mol. The molecular formula is C24H24N4O5. The van der Waals surface area contributed by atoms with Crippen molar-refractivity contribution in [3.63, 3.8) is 0 Å². The third kappa shape index (κ3) is 4.19. The Morgan fingerprint density at radius 3 is 2.67 bits per heavy atom. The van der Waals surface area contributed by atoms with Crippen LogP contribution in [0.4, 0.5) is 0 Å².